The van der Waals surface area contributed by atoms with E-state index in [4.69, 9.17) is 14.5 Å². The molecule has 2 aromatic carbocycles. The van der Waals surface area contributed by atoms with Crippen LogP contribution >= 0.6 is 0 Å². The van der Waals surface area contributed by atoms with E-state index < -0.39 is 15.6 Å². The number of nitrogens with zero attached hydrogens (tertiary/aromatic N) is 4. The van der Waals surface area contributed by atoms with Gasteiger partial charge in [-0.3, -0.25) is 4.72 Å². The Hall–Kier alpha value is -4.45. The molecule has 12 heteroatoms. The summed E-state index contributed by atoms with van der Waals surface area (Å²) >= 11 is 0. The Morgan fingerprint density at radius 1 is 1.04 bits per heavy atom. The van der Waals surface area contributed by atoms with Crippen LogP contribution in [0.1, 0.15) is 52.5 Å². The van der Waals surface area contributed by atoms with E-state index in [0.29, 0.717) is 54.0 Å². The highest BCUT2D eigenvalue weighted by Crippen LogP contribution is 2.39. The summed E-state index contributed by atoms with van der Waals surface area (Å²) in [4.78, 5) is 28.1. The Labute approximate surface area is 264 Å². The second kappa shape index (κ2) is 13.3. The number of nitrogens with one attached hydrogen (secondary N) is 2. The van der Waals surface area contributed by atoms with Crippen LogP contribution in [0.15, 0.2) is 60.9 Å². The molecule has 1 atom stereocenters. The molecule has 11 nitrogen and oxygen atoms in total. The maximum atomic E-state index is 12.6. The number of carbonyl (C=O) groups excluding carboxylic acids is 1. The Kier molecular flexibility index (Phi) is 9.42. The molecule has 1 fully saturated rings. The number of pyridine rings is 1. The van der Waals surface area contributed by atoms with Gasteiger partial charge >= 0.3 is 6.09 Å². The Morgan fingerprint density at radius 2 is 1.87 bits per heavy atom. The minimum atomic E-state index is -3.48. The van der Waals surface area contributed by atoms with Crippen LogP contribution in [0.4, 0.5) is 16.4 Å². The zero-order chi connectivity index (χ0) is 32.2. The SMILES string of the molecule is CCCS(=O)(=O)Nc1cccc2c(Oc3ncccc3-c3ccnc(N[C@H]4CCCN(C(=O)OC(C)(C)C)C4)n3)c(C)ccc12. The normalized spacial score (nSPS) is 15.5. The van der Waals surface area contributed by atoms with Gasteiger partial charge in [0.05, 0.1) is 22.7 Å². The van der Waals surface area contributed by atoms with E-state index >= 15 is 0 Å². The molecule has 1 saturated heterocycles. The van der Waals surface area contributed by atoms with Crippen LogP contribution in [0, 0.1) is 6.92 Å². The third kappa shape index (κ3) is 7.99. The van der Waals surface area contributed by atoms with Gasteiger partial charge in [0.15, 0.2) is 0 Å². The number of fused-ring (bicyclic) bond motifs is 1. The van der Waals surface area contributed by atoms with Crippen LogP contribution in [0.2, 0.25) is 0 Å². The number of rotatable bonds is 9. The molecule has 2 aromatic heterocycles. The molecule has 0 saturated carbocycles. The number of hydrogen-bond acceptors (Lipinski definition) is 9. The van der Waals surface area contributed by atoms with Gasteiger partial charge in [-0.1, -0.05) is 31.2 Å². The van der Waals surface area contributed by atoms with E-state index in [-0.39, 0.29) is 17.9 Å². The number of carbonyl (C=O) groups is 1. The topological polar surface area (TPSA) is 136 Å². The second-order valence-corrected chi connectivity index (χ2v) is 14.0. The first-order valence-corrected chi connectivity index (χ1v) is 16.8. The van der Waals surface area contributed by atoms with Gasteiger partial charge in [-0.05, 0) is 76.8 Å². The van der Waals surface area contributed by atoms with Crippen molar-refractivity contribution in [2.24, 2.45) is 0 Å². The average molecular weight is 633 g/mol. The summed E-state index contributed by atoms with van der Waals surface area (Å²) in [6, 6.07) is 14.7. The summed E-state index contributed by atoms with van der Waals surface area (Å²) in [5.41, 5.74) is 2.08. The number of amides is 1. The fourth-order valence-electron chi connectivity index (χ4n) is 5.26. The van der Waals surface area contributed by atoms with Gasteiger partial charge in [-0.2, -0.15) is 0 Å². The first-order valence-electron chi connectivity index (χ1n) is 15.2. The molecule has 4 aromatic rings. The first-order chi connectivity index (χ1) is 21.4. The first kappa shape index (κ1) is 32.0. The van der Waals surface area contributed by atoms with Gasteiger partial charge in [0.25, 0.3) is 0 Å². The summed E-state index contributed by atoms with van der Waals surface area (Å²) in [5.74, 6) is 1.39. The van der Waals surface area contributed by atoms with E-state index in [1.807, 2.05) is 65.0 Å². The summed E-state index contributed by atoms with van der Waals surface area (Å²) in [6.07, 6.45) is 5.22. The number of sulfonamides is 1. The van der Waals surface area contributed by atoms with Crippen LogP contribution < -0.4 is 14.8 Å². The molecule has 0 spiro atoms. The molecule has 1 amide bonds. The predicted molar refractivity (Wildman–Crippen MR) is 176 cm³/mol. The van der Waals surface area contributed by atoms with Crippen molar-refractivity contribution < 1.29 is 22.7 Å². The lowest BCUT2D eigenvalue weighted by atomic mass is 10.0. The van der Waals surface area contributed by atoms with Gasteiger partial charge < -0.3 is 19.7 Å². The largest absolute Gasteiger partial charge is 0.444 e. The molecule has 0 aliphatic carbocycles. The Morgan fingerprint density at radius 3 is 2.64 bits per heavy atom. The standard InChI is InChI=1S/C33H40N6O5S/c1-6-20-45(41,42)38-28-13-7-11-25-24(28)15-14-22(2)29(25)43-30-26(12-8-17-34-30)27-16-18-35-31(37-27)36-23-10-9-19-39(21-23)32(40)44-33(3,4)5/h7-8,11-18,23,38H,6,9-10,19-21H2,1-5H3,(H,35,36,37)/t23-/m0/s1. The quantitative estimate of drug-likeness (QED) is 0.205. The van der Waals surface area contributed by atoms with E-state index in [1.54, 1.807) is 35.5 Å². The zero-order valence-electron chi connectivity index (χ0n) is 26.3. The van der Waals surface area contributed by atoms with E-state index in [0.717, 1.165) is 29.2 Å². The number of ether oxygens (including phenoxy) is 2. The monoisotopic (exact) mass is 632 g/mol. The minimum Gasteiger partial charge on any atom is -0.444 e. The van der Waals surface area contributed by atoms with E-state index in [1.165, 1.54) is 0 Å². The molecule has 3 heterocycles. The van der Waals surface area contributed by atoms with Crippen molar-refractivity contribution in [2.75, 3.05) is 28.9 Å². The highest BCUT2D eigenvalue weighted by atomic mass is 32.2. The lowest BCUT2D eigenvalue weighted by molar-refractivity contribution is 0.0206. The number of hydrogen-bond donors (Lipinski definition) is 2. The van der Waals surface area contributed by atoms with Crippen LogP contribution in [0.3, 0.4) is 0 Å². The fourth-order valence-corrected chi connectivity index (χ4v) is 6.42. The Bertz CT molecular complexity index is 1790. The second-order valence-electron chi connectivity index (χ2n) is 12.2. The number of likely N-dealkylation sites (tertiary alicyclic amines) is 1. The molecule has 45 heavy (non-hydrogen) atoms. The van der Waals surface area contributed by atoms with Gasteiger partial charge in [0.2, 0.25) is 21.9 Å². The maximum Gasteiger partial charge on any atom is 0.410 e. The summed E-state index contributed by atoms with van der Waals surface area (Å²) in [7, 11) is -3.48. The number of anilines is 2. The van der Waals surface area contributed by atoms with Crippen molar-refractivity contribution in [1.29, 1.82) is 0 Å². The third-order valence-corrected chi connectivity index (χ3v) is 8.73. The van der Waals surface area contributed by atoms with Gasteiger partial charge in [-0.15, -0.1) is 0 Å². The highest BCUT2D eigenvalue weighted by Gasteiger charge is 2.28. The molecule has 0 unspecified atom stereocenters. The maximum absolute atomic E-state index is 12.6. The van der Waals surface area contributed by atoms with Crippen LogP contribution in [0.25, 0.3) is 22.0 Å². The number of aryl methyl sites for hydroxylation is 1. The molecule has 5 rings (SSSR count). The number of piperidine rings is 1. The number of benzene rings is 2. The number of aromatic nitrogens is 3. The lowest BCUT2D eigenvalue weighted by Gasteiger charge is -2.34. The summed E-state index contributed by atoms with van der Waals surface area (Å²) in [6.45, 7) is 10.5. The van der Waals surface area contributed by atoms with Crippen LogP contribution in [-0.4, -0.2) is 64.8 Å². The van der Waals surface area contributed by atoms with Crippen molar-refractivity contribution in [1.82, 2.24) is 19.9 Å². The van der Waals surface area contributed by atoms with Crippen molar-refractivity contribution in [2.45, 2.75) is 65.5 Å². The molecule has 1 aliphatic rings. The van der Waals surface area contributed by atoms with Gasteiger partial charge in [0, 0.05) is 42.3 Å². The average Bonchev–Trinajstić information content (AvgIpc) is 2.98. The highest BCUT2D eigenvalue weighted by molar-refractivity contribution is 7.92. The van der Waals surface area contributed by atoms with Crippen molar-refractivity contribution in [3.05, 3.63) is 66.5 Å². The molecule has 1 aliphatic heterocycles. The molecular formula is C33H40N6O5S. The van der Waals surface area contributed by atoms with Crippen molar-refractivity contribution >= 4 is 38.5 Å². The van der Waals surface area contributed by atoms with Crippen molar-refractivity contribution in [3.63, 3.8) is 0 Å². The van der Waals surface area contributed by atoms with E-state index in [2.05, 4.69) is 20.0 Å². The molecular weight excluding hydrogens is 592 g/mol. The minimum absolute atomic E-state index is 0.0339. The summed E-state index contributed by atoms with van der Waals surface area (Å²) in [5, 5.41) is 4.86. The van der Waals surface area contributed by atoms with Crippen molar-refractivity contribution in [3.8, 4) is 22.9 Å². The third-order valence-electron chi connectivity index (χ3n) is 7.25. The molecule has 2 N–H and O–H groups in total. The van der Waals surface area contributed by atoms with Gasteiger partial charge in [0.1, 0.15) is 11.4 Å². The lowest BCUT2D eigenvalue weighted by Crippen LogP contribution is -2.47. The smallest absolute Gasteiger partial charge is 0.410 e. The van der Waals surface area contributed by atoms with Crippen LogP contribution in [-0.2, 0) is 14.8 Å². The van der Waals surface area contributed by atoms with Gasteiger partial charge in [-0.25, -0.2) is 28.2 Å². The Balaban J connectivity index is 1.39. The fraction of sp³-hybridized carbons (Fsp3) is 0.394. The summed E-state index contributed by atoms with van der Waals surface area (Å²) < 4.78 is 39.9. The molecule has 0 bridgehead atoms. The van der Waals surface area contributed by atoms with E-state index in [9.17, 15) is 13.2 Å². The predicted octanol–water partition coefficient (Wildman–Crippen LogP) is 6.76. The zero-order valence-corrected chi connectivity index (χ0v) is 27.1. The van der Waals surface area contributed by atoms with Crippen LogP contribution in [0.5, 0.6) is 11.6 Å². The molecule has 0 radical (unpaired) electrons. The molecule has 238 valence electrons.